The van der Waals surface area contributed by atoms with Crippen LogP contribution >= 0.6 is 11.6 Å². The molecule has 0 aromatic heterocycles. The molecular formula is C10H13ClN3+. The van der Waals surface area contributed by atoms with Crippen molar-refractivity contribution < 1.29 is 4.58 Å². The number of hydrogen-bond donors (Lipinski definition) is 2. The predicted octanol–water partition coefficient (Wildman–Crippen LogP) is 0.941. The van der Waals surface area contributed by atoms with Gasteiger partial charge in [0.1, 0.15) is 12.6 Å². The molecule has 0 amide bonds. The van der Waals surface area contributed by atoms with Crippen molar-refractivity contribution in [2.75, 3.05) is 13.6 Å². The Balaban J connectivity index is 2.29. The summed E-state index contributed by atoms with van der Waals surface area (Å²) in [4.78, 5) is 0. The molecule has 0 radical (unpaired) electrons. The standard InChI is InChI=1S/C10H12ClN3/c1-14-9(6-13-10(14)12)7-2-4-8(11)5-3-7/h2-5,9H,6H2,1H3,(H2,12,13)/p+1. The Labute approximate surface area is 88.2 Å². The molecule has 0 aliphatic carbocycles. The van der Waals surface area contributed by atoms with E-state index in [9.17, 15) is 0 Å². The van der Waals surface area contributed by atoms with Gasteiger partial charge in [-0.25, -0.2) is 0 Å². The van der Waals surface area contributed by atoms with Crippen LogP contribution in [0.4, 0.5) is 0 Å². The van der Waals surface area contributed by atoms with E-state index in [0.29, 0.717) is 6.04 Å². The van der Waals surface area contributed by atoms with Gasteiger partial charge in [-0.15, -0.1) is 0 Å². The zero-order valence-corrected chi connectivity index (χ0v) is 8.75. The summed E-state index contributed by atoms with van der Waals surface area (Å²) < 4.78 is 2.03. The number of hydrogen-bond acceptors (Lipinski definition) is 2. The first kappa shape index (κ1) is 9.34. The number of guanidine groups is 1. The molecule has 1 aliphatic heterocycles. The van der Waals surface area contributed by atoms with Gasteiger partial charge in [0.05, 0.1) is 7.05 Å². The van der Waals surface area contributed by atoms with E-state index < -0.39 is 0 Å². The number of likely N-dealkylation sites (N-methyl/N-ethyl adjacent to an activating group) is 1. The number of rotatable bonds is 1. The van der Waals surface area contributed by atoms with Crippen molar-refractivity contribution in [2.24, 2.45) is 5.73 Å². The second kappa shape index (κ2) is 3.50. The summed E-state index contributed by atoms with van der Waals surface area (Å²) in [6.07, 6.45) is 0. The molecule has 1 aliphatic rings. The average Bonchev–Trinajstić information content (AvgIpc) is 2.50. The minimum absolute atomic E-state index is 0.312. The van der Waals surface area contributed by atoms with Crippen molar-refractivity contribution in [3.05, 3.63) is 34.9 Å². The van der Waals surface area contributed by atoms with Gasteiger partial charge in [-0.2, -0.15) is 0 Å². The first-order valence-corrected chi connectivity index (χ1v) is 4.91. The lowest BCUT2D eigenvalue weighted by Crippen LogP contribution is -2.30. The zero-order valence-electron chi connectivity index (χ0n) is 8.00. The van der Waals surface area contributed by atoms with E-state index in [4.69, 9.17) is 17.3 Å². The van der Waals surface area contributed by atoms with Crippen molar-refractivity contribution in [1.29, 1.82) is 0 Å². The lowest BCUT2D eigenvalue weighted by Gasteiger charge is -2.09. The molecule has 2 rings (SSSR count). The minimum Gasteiger partial charge on any atom is -0.291 e. The largest absolute Gasteiger partial charge is 0.343 e. The molecular weight excluding hydrogens is 198 g/mol. The molecule has 0 bridgehead atoms. The fourth-order valence-electron chi connectivity index (χ4n) is 1.66. The van der Waals surface area contributed by atoms with Crippen LogP contribution in [0.25, 0.3) is 0 Å². The minimum atomic E-state index is 0.312. The van der Waals surface area contributed by atoms with Gasteiger partial charge in [0.15, 0.2) is 0 Å². The molecule has 0 spiro atoms. The third kappa shape index (κ3) is 1.55. The molecule has 1 atom stereocenters. The molecule has 1 aromatic rings. The fraction of sp³-hybridized carbons (Fsp3) is 0.300. The van der Waals surface area contributed by atoms with Gasteiger partial charge in [-0.1, -0.05) is 23.7 Å². The van der Waals surface area contributed by atoms with Crippen LogP contribution < -0.4 is 11.1 Å². The topological polar surface area (TPSA) is 41.1 Å². The number of nitrogens with one attached hydrogen (secondary N) is 1. The van der Waals surface area contributed by atoms with E-state index in [1.54, 1.807) is 0 Å². The van der Waals surface area contributed by atoms with Crippen molar-refractivity contribution in [3.8, 4) is 0 Å². The smallest absolute Gasteiger partial charge is 0.291 e. The Morgan fingerprint density at radius 1 is 1.43 bits per heavy atom. The monoisotopic (exact) mass is 210 g/mol. The third-order valence-corrected chi connectivity index (χ3v) is 2.83. The molecule has 14 heavy (non-hydrogen) atoms. The normalized spacial score (nSPS) is 21.1. The molecule has 0 saturated heterocycles. The summed E-state index contributed by atoms with van der Waals surface area (Å²) in [6, 6.07) is 8.18. The van der Waals surface area contributed by atoms with E-state index in [1.165, 1.54) is 5.56 Å². The quantitative estimate of drug-likeness (QED) is 0.678. The van der Waals surface area contributed by atoms with Gasteiger partial charge in [0.2, 0.25) is 0 Å². The highest BCUT2D eigenvalue weighted by Crippen LogP contribution is 2.20. The van der Waals surface area contributed by atoms with E-state index in [1.807, 2.05) is 35.9 Å². The van der Waals surface area contributed by atoms with Gasteiger partial charge in [-0.3, -0.25) is 15.6 Å². The highest BCUT2D eigenvalue weighted by molar-refractivity contribution is 6.30. The van der Waals surface area contributed by atoms with Crippen LogP contribution in [0.5, 0.6) is 0 Å². The summed E-state index contributed by atoms with van der Waals surface area (Å²) in [5, 5.41) is 3.88. The SMILES string of the molecule is C[N+]1=C(N)NCC1c1ccc(Cl)cc1. The van der Waals surface area contributed by atoms with Gasteiger partial charge in [0.25, 0.3) is 0 Å². The van der Waals surface area contributed by atoms with Crippen LogP contribution in [-0.2, 0) is 0 Å². The van der Waals surface area contributed by atoms with Crippen LogP contribution in [-0.4, -0.2) is 24.1 Å². The van der Waals surface area contributed by atoms with Crippen molar-refractivity contribution >= 4 is 17.6 Å². The molecule has 4 heteroatoms. The zero-order chi connectivity index (χ0) is 10.1. The Kier molecular flexibility index (Phi) is 2.33. The van der Waals surface area contributed by atoms with Gasteiger partial charge < -0.3 is 0 Å². The second-order valence-corrected chi connectivity index (χ2v) is 3.88. The number of nitrogens with zero attached hydrogens (tertiary/aromatic N) is 1. The van der Waals surface area contributed by atoms with Crippen LogP contribution in [0.2, 0.25) is 5.02 Å². The van der Waals surface area contributed by atoms with E-state index in [2.05, 4.69) is 5.32 Å². The lowest BCUT2D eigenvalue weighted by atomic mass is 10.1. The third-order valence-electron chi connectivity index (χ3n) is 2.58. The molecule has 0 saturated carbocycles. The average molecular weight is 211 g/mol. The highest BCUT2D eigenvalue weighted by atomic mass is 35.5. The second-order valence-electron chi connectivity index (χ2n) is 3.44. The van der Waals surface area contributed by atoms with Crippen molar-refractivity contribution in [1.82, 2.24) is 5.32 Å². The molecule has 1 heterocycles. The molecule has 1 aromatic carbocycles. The van der Waals surface area contributed by atoms with Gasteiger partial charge >= 0.3 is 5.96 Å². The van der Waals surface area contributed by atoms with Crippen LogP contribution in [0, 0.1) is 0 Å². The molecule has 3 nitrogen and oxygen atoms in total. The first-order valence-electron chi connectivity index (χ1n) is 4.53. The molecule has 3 N–H and O–H groups in total. The molecule has 0 fully saturated rings. The van der Waals surface area contributed by atoms with Crippen molar-refractivity contribution in [3.63, 3.8) is 0 Å². The Hall–Kier alpha value is -1.22. The van der Waals surface area contributed by atoms with E-state index >= 15 is 0 Å². The van der Waals surface area contributed by atoms with E-state index in [0.717, 1.165) is 17.5 Å². The van der Waals surface area contributed by atoms with Crippen LogP contribution in [0.3, 0.4) is 0 Å². The maximum atomic E-state index is 5.82. The Bertz CT molecular complexity index is 369. The van der Waals surface area contributed by atoms with Crippen molar-refractivity contribution in [2.45, 2.75) is 6.04 Å². The summed E-state index contributed by atoms with van der Waals surface area (Å²) >= 11 is 5.82. The van der Waals surface area contributed by atoms with Gasteiger partial charge in [0, 0.05) is 5.02 Å². The van der Waals surface area contributed by atoms with E-state index in [-0.39, 0.29) is 0 Å². The number of halogens is 1. The molecule has 74 valence electrons. The Morgan fingerprint density at radius 2 is 2.07 bits per heavy atom. The summed E-state index contributed by atoms with van der Waals surface area (Å²) in [5.41, 5.74) is 6.97. The maximum Gasteiger partial charge on any atom is 0.343 e. The highest BCUT2D eigenvalue weighted by Gasteiger charge is 2.26. The number of nitrogens with two attached hydrogens (primary N) is 1. The summed E-state index contributed by atoms with van der Waals surface area (Å²) in [7, 11) is 1.98. The van der Waals surface area contributed by atoms with Gasteiger partial charge in [-0.05, 0) is 17.7 Å². The summed E-state index contributed by atoms with van der Waals surface area (Å²) in [5.74, 6) is 0.727. The van der Waals surface area contributed by atoms with Crippen LogP contribution in [0.1, 0.15) is 11.6 Å². The summed E-state index contributed by atoms with van der Waals surface area (Å²) in [6.45, 7) is 0.851. The Morgan fingerprint density at radius 3 is 2.57 bits per heavy atom. The molecule has 1 unspecified atom stereocenters. The fourth-order valence-corrected chi connectivity index (χ4v) is 1.78. The first-order chi connectivity index (χ1) is 6.68. The van der Waals surface area contributed by atoms with Crippen LogP contribution in [0.15, 0.2) is 24.3 Å². The predicted molar refractivity (Wildman–Crippen MR) is 57.6 cm³/mol. The lowest BCUT2D eigenvalue weighted by molar-refractivity contribution is -0.533. The maximum absolute atomic E-state index is 5.82. The number of benzene rings is 1.